The van der Waals surface area contributed by atoms with E-state index >= 15 is 0 Å². The predicted molar refractivity (Wildman–Crippen MR) is 65.0 cm³/mol. The van der Waals surface area contributed by atoms with E-state index < -0.39 is 0 Å². The molecule has 0 aromatic carbocycles. The Morgan fingerprint density at radius 2 is 2.41 bits per heavy atom. The molecular weight excluding hydrogens is 216 g/mol. The van der Waals surface area contributed by atoms with E-state index in [1.807, 2.05) is 18.3 Å². The summed E-state index contributed by atoms with van der Waals surface area (Å²) in [4.78, 5) is 4.51. The Morgan fingerprint density at radius 1 is 1.53 bits per heavy atom. The fourth-order valence-electron chi connectivity index (χ4n) is 2.17. The summed E-state index contributed by atoms with van der Waals surface area (Å²) in [5.41, 5.74) is 0.816. The van der Waals surface area contributed by atoms with Crippen LogP contribution in [-0.4, -0.2) is 32.8 Å². The van der Waals surface area contributed by atoms with Crippen molar-refractivity contribution < 1.29 is 4.74 Å². The van der Waals surface area contributed by atoms with Crippen LogP contribution in [0, 0.1) is 0 Å². The maximum atomic E-state index is 5.61. The zero-order chi connectivity index (χ0) is 11.9. The van der Waals surface area contributed by atoms with E-state index in [9.17, 15) is 0 Å². The first kappa shape index (κ1) is 10.5. The standard InChI is InChI=1S/C12H16N4O/c1-9-12(2,5-8-17-9)15-10-4-7-16-11(14-10)3-6-13-16/h3-4,6-7,9H,5,8H2,1-2H3,(H,14,15). The van der Waals surface area contributed by atoms with Gasteiger partial charge in [0.25, 0.3) is 0 Å². The lowest BCUT2D eigenvalue weighted by Gasteiger charge is -2.29. The molecule has 0 spiro atoms. The fourth-order valence-corrected chi connectivity index (χ4v) is 2.17. The van der Waals surface area contributed by atoms with Crippen molar-refractivity contribution in [3.63, 3.8) is 0 Å². The Balaban J connectivity index is 1.89. The second kappa shape index (κ2) is 3.70. The summed E-state index contributed by atoms with van der Waals surface area (Å²) in [7, 11) is 0. The van der Waals surface area contributed by atoms with Crippen molar-refractivity contribution in [3.05, 3.63) is 24.5 Å². The van der Waals surface area contributed by atoms with Gasteiger partial charge in [-0.3, -0.25) is 0 Å². The quantitative estimate of drug-likeness (QED) is 0.856. The fraction of sp³-hybridized carbons (Fsp3) is 0.500. The summed E-state index contributed by atoms with van der Waals surface area (Å²) in [5.74, 6) is 0.873. The van der Waals surface area contributed by atoms with Gasteiger partial charge in [-0.05, 0) is 26.3 Å². The first-order valence-corrected chi connectivity index (χ1v) is 5.88. The summed E-state index contributed by atoms with van der Waals surface area (Å²) in [6.45, 7) is 5.07. The minimum atomic E-state index is -0.0363. The highest BCUT2D eigenvalue weighted by molar-refractivity contribution is 5.47. The molecule has 1 aliphatic heterocycles. The topological polar surface area (TPSA) is 51.5 Å². The molecule has 2 atom stereocenters. The molecular formula is C12H16N4O. The van der Waals surface area contributed by atoms with E-state index in [0.29, 0.717) is 0 Å². The lowest BCUT2D eigenvalue weighted by Crippen LogP contribution is -2.41. The van der Waals surface area contributed by atoms with Crippen molar-refractivity contribution in [2.45, 2.75) is 31.9 Å². The molecule has 2 unspecified atom stereocenters. The number of fused-ring (bicyclic) bond motifs is 1. The number of ether oxygens (including phenoxy) is 1. The molecule has 17 heavy (non-hydrogen) atoms. The SMILES string of the molecule is CC1OCCC1(C)Nc1ccn2nccc2n1. The minimum absolute atomic E-state index is 0.0363. The number of rotatable bonds is 2. The van der Waals surface area contributed by atoms with Gasteiger partial charge in [0, 0.05) is 18.9 Å². The van der Waals surface area contributed by atoms with Crippen LogP contribution in [-0.2, 0) is 4.74 Å². The van der Waals surface area contributed by atoms with Crippen molar-refractivity contribution in [3.8, 4) is 0 Å². The third-order valence-corrected chi connectivity index (χ3v) is 3.56. The van der Waals surface area contributed by atoms with E-state index in [1.165, 1.54) is 0 Å². The molecule has 0 saturated carbocycles. The Kier molecular flexibility index (Phi) is 2.29. The number of anilines is 1. The van der Waals surface area contributed by atoms with Crippen LogP contribution in [0.2, 0.25) is 0 Å². The molecule has 5 heteroatoms. The van der Waals surface area contributed by atoms with E-state index in [0.717, 1.165) is 24.5 Å². The van der Waals surface area contributed by atoms with Crippen LogP contribution in [0.1, 0.15) is 20.3 Å². The highest BCUT2D eigenvalue weighted by atomic mass is 16.5. The second-order valence-electron chi connectivity index (χ2n) is 4.75. The maximum absolute atomic E-state index is 5.61. The van der Waals surface area contributed by atoms with Crippen molar-refractivity contribution >= 4 is 11.5 Å². The first-order chi connectivity index (χ1) is 8.17. The zero-order valence-corrected chi connectivity index (χ0v) is 10.1. The molecule has 0 bridgehead atoms. The molecule has 2 aromatic heterocycles. The molecule has 0 aliphatic carbocycles. The average molecular weight is 232 g/mol. The van der Waals surface area contributed by atoms with Crippen LogP contribution in [0.3, 0.4) is 0 Å². The van der Waals surface area contributed by atoms with E-state index in [-0.39, 0.29) is 11.6 Å². The molecule has 0 radical (unpaired) electrons. The Hall–Kier alpha value is -1.62. The summed E-state index contributed by atoms with van der Waals surface area (Å²) >= 11 is 0. The zero-order valence-electron chi connectivity index (χ0n) is 10.1. The first-order valence-electron chi connectivity index (χ1n) is 5.88. The molecule has 1 fully saturated rings. The molecule has 1 aliphatic rings. The summed E-state index contributed by atoms with van der Waals surface area (Å²) < 4.78 is 7.36. The average Bonchev–Trinajstić information content (AvgIpc) is 2.87. The molecule has 5 nitrogen and oxygen atoms in total. The van der Waals surface area contributed by atoms with Crippen LogP contribution in [0.4, 0.5) is 5.82 Å². The third kappa shape index (κ3) is 1.76. The lowest BCUT2D eigenvalue weighted by molar-refractivity contribution is 0.105. The maximum Gasteiger partial charge on any atom is 0.157 e. The summed E-state index contributed by atoms with van der Waals surface area (Å²) in [5, 5.41) is 7.60. The van der Waals surface area contributed by atoms with Crippen LogP contribution in [0.5, 0.6) is 0 Å². The summed E-state index contributed by atoms with van der Waals surface area (Å²) in [6.07, 6.45) is 4.86. The molecule has 1 N–H and O–H groups in total. The van der Waals surface area contributed by atoms with Gasteiger partial charge >= 0.3 is 0 Å². The van der Waals surface area contributed by atoms with Gasteiger partial charge in [0.15, 0.2) is 5.65 Å². The Labute approximate surface area is 99.8 Å². The van der Waals surface area contributed by atoms with Crippen molar-refractivity contribution in [2.75, 3.05) is 11.9 Å². The largest absolute Gasteiger partial charge is 0.376 e. The Bertz CT molecular complexity index is 538. The Morgan fingerprint density at radius 3 is 3.18 bits per heavy atom. The van der Waals surface area contributed by atoms with Crippen LogP contribution >= 0.6 is 0 Å². The van der Waals surface area contributed by atoms with Crippen LogP contribution in [0.25, 0.3) is 5.65 Å². The molecule has 90 valence electrons. The van der Waals surface area contributed by atoms with E-state index in [2.05, 4.69) is 29.2 Å². The molecule has 3 heterocycles. The van der Waals surface area contributed by atoms with Gasteiger partial charge in [-0.1, -0.05) is 0 Å². The monoisotopic (exact) mass is 232 g/mol. The highest BCUT2D eigenvalue weighted by Crippen LogP contribution is 2.28. The number of hydrogen-bond donors (Lipinski definition) is 1. The predicted octanol–water partition coefficient (Wildman–Crippen LogP) is 1.71. The highest BCUT2D eigenvalue weighted by Gasteiger charge is 2.37. The van der Waals surface area contributed by atoms with Gasteiger partial charge in [0.1, 0.15) is 5.82 Å². The number of nitrogens with zero attached hydrogens (tertiary/aromatic N) is 3. The smallest absolute Gasteiger partial charge is 0.157 e. The van der Waals surface area contributed by atoms with Gasteiger partial charge in [-0.2, -0.15) is 5.10 Å². The molecule has 1 saturated heterocycles. The molecule has 3 rings (SSSR count). The van der Waals surface area contributed by atoms with Gasteiger partial charge in [-0.15, -0.1) is 0 Å². The van der Waals surface area contributed by atoms with Crippen molar-refractivity contribution in [2.24, 2.45) is 0 Å². The summed E-state index contributed by atoms with van der Waals surface area (Å²) in [6, 6.07) is 3.83. The van der Waals surface area contributed by atoms with Gasteiger partial charge in [0.05, 0.1) is 17.8 Å². The van der Waals surface area contributed by atoms with E-state index in [1.54, 1.807) is 10.7 Å². The molecule has 0 amide bonds. The lowest BCUT2D eigenvalue weighted by atomic mass is 9.95. The number of aromatic nitrogens is 3. The van der Waals surface area contributed by atoms with E-state index in [4.69, 9.17) is 4.74 Å². The van der Waals surface area contributed by atoms with Crippen LogP contribution in [0.15, 0.2) is 24.5 Å². The van der Waals surface area contributed by atoms with Crippen molar-refractivity contribution in [1.29, 1.82) is 0 Å². The number of nitrogens with one attached hydrogen (secondary N) is 1. The van der Waals surface area contributed by atoms with Crippen LogP contribution < -0.4 is 5.32 Å². The third-order valence-electron chi connectivity index (χ3n) is 3.56. The minimum Gasteiger partial charge on any atom is -0.376 e. The molecule has 2 aromatic rings. The number of hydrogen-bond acceptors (Lipinski definition) is 4. The van der Waals surface area contributed by atoms with Crippen molar-refractivity contribution in [1.82, 2.24) is 14.6 Å². The van der Waals surface area contributed by atoms with Gasteiger partial charge in [0.2, 0.25) is 0 Å². The van der Waals surface area contributed by atoms with Gasteiger partial charge < -0.3 is 10.1 Å². The second-order valence-corrected chi connectivity index (χ2v) is 4.75. The normalized spacial score (nSPS) is 28.7. The van der Waals surface area contributed by atoms with Gasteiger partial charge in [-0.25, -0.2) is 9.50 Å².